The van der Waals surface area contributed by atoms with Crippen molar-refractivity contribution < 1.29 is 27.5 Å². The molecule has 0 aliphatic carbocycles. The van der Waals surface area contributed by atoms with Crippen LogP contribution in [0.25, 0.3) is 11.2 Å². The van der Waals surface area contributed by atoms with Crippen LogP contribution >= 0.6 is 23.2 Å². The zero-order chi connectivity index (χ0) is 31.9. The van der Waals surface area contributed by atoms with Gasteiger partial charge in [-0.3, -0.25) is 9.69 Å². The van der Waals surface area contributed by atoms with Crippen molar-refractivity contribution in [2.24, 2.45) is 11.8 Å². The Morgan fingerprint density at radius 3 is 2.59 bits per heavy atom. The van der Waals surface area contributed by atoms with E-state index >= 15 is 0 Å². The minimum absolute atomic E-state index is 0.0113. The Kier molecular flexibility index (Phi) is 9.44. The van der Waals surface area contributed by atoms with Gasteiger partial charge in [0.1, 0.15) is 11.3 Å². The van der Waals surface area contributed by atoms with Gasteiger partial charge < -0.3 is 9.64 Å². The van der Waals surface area contributed by atoms with Crippen LogP contribution in [0, 0.1) is 18.8 Å². The number of ether oxygens (including phenoxy) is 1. The zero-order valence-corrected chi connectivity index (χ0v) is 26.5. The molecule has 5 rings (SSSR count). The topological polar surface area (TPSA) is 93.5 Å². The van der Waals surface area contributed by atoms with Crippen molar-refractivity contribution in [3.8, 4) is 0 Å². The molecule has 5 atom stereocenters. The third-order valence-corrected chi connectivity index (χ3v) is 9.44. The fraction of sp³-hybridized carbons (Fsp3) is 0.567. The number of esters is 2. The monoisotopic (exact) mass is 654 g/mol. The third kappa shape index (κ3) is 6.67. The van der Waals surface area contributed by atoms with Crippen molar-refractivity contribution in [3.63, 3.8) is 0 Å². The van der Waals surface area contributed by atoms with Crippen molar-refractivity contribution in [2.45, 2.75) is 77.7 Å². The van der Waals surface area contributed by atoms with E-state index in [1.165, 1.54) is 0 Å². The Morgan fingerprint density at radius 1 is 1.16 bits per heavy atom. The average Bonchev–Trinajstić information content (AvgIpc) is 3.57. The molecule has 44 heavy (non-hydrogen) atoms. The maximum Gasteiger partial charge on any atom is 0.491 e. The predicted octanol–water partition coefficient (Wildman–Crippen LogP) is 6.39. The number of halogens is 5. The minimum atomic E-state index is -5.20. The summed E-state index contributed by atoms with van der Waals surface area (Å²) in [5.74, 6) is -2.88. The first kappa shape index (κ1) is 32.4. The van der Waals surface area contributed by atoms with Crippen LogP contribution in [0.4, 0.5) is 19.0 Å². The molecule has 0 radical (unpaired) electrons. The molecule has 0 bridgehead atoms. The van der Waals surface area contributed by atoms with Gasteiger partial charge in [-0.2, -0.15) is 18.3 Å². The van der Waals surface area contributed by atoms with Crippen molar-refractivity contribution in [3.05, 3.63) is 45.7 Å². The van der Waals surface area contributed by atoms with Crippen LogP contribution in [0.5, 0.6) is 0 Å². The van der Waals surface area contributed by atoms with Gasteiger partial charge in [-0.05, 0) is 69.2 Å². The van der Waals surface area contributed by atoms with Crippen LogP contribution in [0.2, 0.25) is 10.0 Å². The number of piperidine rings is 1. The van der Waals surface area contributed by atoms with Gasteiger partial charge in [0.2, 0.25) is 0 Å². The third-order valence-electron chi connectivity index (χ3n) is 8.87. The molecule has 0 N–H and O–H groups in total. The summed E-state index contributed by atoms with van der Waals surface area (Å²) in [4.78, 5) is 37.5. The lowest BCUT2D eigenvalue weighted by Crippen LogP contribution is -2.53. The summed E-state index contributed by atoms with van der Waals surface area (Å²) in [6.45, 7) is 10.2. The molecule has 2 saturated heterocycles. The lowest BCUT2D eigenvalue weighted by Gasteiger charge is -2.45. The second-order valence-corrected chi connectivity index (χ2v) is 12.8. The molecule has 238 valence electrons. The van der Waals surface area contributed by atoms with Crippen LogP contribution in [0.3, 0.4) is 0 Å². The first-order valence-electron chi connectivity index (χ1n) is 14.7. The molecule has 0 saturated carbocycles. The summed E-state index contributed by atoms with van der Waals surface area (Å²) >= 11 is 12.6. The van der Waals surface area contributed by atoms with Gasteiger partial charge in [-0.25, -0.2) is 19.4 Å². The number of aryl methyl sites for hydroxylation is 1. The summed E-state index contributed by atoms with van der Waals surface area (Å²) in [7, 11) is 0. The zero-order valence-electron chi connectivity index (χ0n) is 24.9. The summed E-state index contributed by atoms with van der Waals surface area (Å²) in [5, 5.41) is 5.84. The normalized spacial score (nSPS) is 22.8. The molecule has 0 amide bonds. The number of nitrogens with zero attached hydrogens (tertiary/aromatic N) is 6. The van der Waals surface area contributed by atoms with E-state index in [9.17, 15) is 22.8 Å². The van der Waals surface area contributed by atoms with Crippen molar-refractivity contribution in [2.75, 3.05) is 24.5 Å². The van der Waals surface area contributed by atoms with Gasteiger partial charge in [-0.1, -0.05) is 43.1 Å². The molecular weight excluding hydrogens is 620 g/mol. The number of likely N-dealkylation sites (tertiary alicyclic amines) is 1. The highest BCUT2D eigenvalue weighted by molar-refractivity contribution is 6.35. The highest BCUT2D eigenvalue weighted by Crippen LogP contribution is 2.35. The second kappa shape index (κ2) is 12.8. The molecule has 3 unspecified atom stereocenters. The Hall–Kier alpha value is -2.96. The average molecular weight is 656 g/mol. The first-order valence-corrected chi connectivity index (χ1v) is 15.5. The number of aromatic nitrogens is 4. The highest BCUT2D eigenvalue weighted by Gasteiger charge is 2.44. The fourth-order valence-corrected chi connectivity index (χ4v) is 7.28. The van der Waals surface area contributed by atoms with E-state index in [2.05, 4.69) is 21.5 Å². The smallest absolute Gasteiger partial charge is 0.386 e. The summed E-state index contributed by atoms with van der Waals surface area (Å²) in [6.07, 6.45) is -1.06. The molecule has 2 fully saturated rings. The van der Waals surface area contributed by atoms with Crippen molar-refractivity contribution in [1.29, 1.82) is 0 Å². The predicted molar refractivity (Wildman–Crippen MR) is 161 cm³/mol. The molecule has 2 aliphatic rings. The van der Waals surface area contributed by atoms with Gasteiger partial charge in [0.05, 0.1) is 24.4 Å². The Balaban J connectivity index is 1.28. The molecule has 0 spiro atoms. The number of hydrogen-bond acceptors (Lipinski definition) is 8. The van der Waals surface area contributed by atoms with Crippen molar-refractivity contribution in [1.82, 2.24) is 24.6 Å². The Labute approximate surface area is 263 Å². The van der Waals surface area contributed by atoms with E-state index in [0.717, 1.165) is 61.5 Å². The van der Waals surface area contributed by atoms with Crippen LogP contribution < -0.4 is 4.90 Å². The number of carbonyl (C=O) groups is 2. The van der Waals surface area contributed by atoms with E-state index in [0.29, 0.717) is 15.7 Å². The number of hydrogen-bond donors (Lipinski definition) is 0. The van der Waals surface area contributed by atoms with E-state index in [4.69, 9.17) is 38.3 Å². The maximum atomic E-state index is 12.5. The number of fused-ring (bicyclic) bond motifs is 1. The van der Waals surface area contributed by atoms with Gasteiger partial charge >= 0.3 is 18.1 Å². The maximum absolute atomic E-state index is 12.5. The second-order valence-electron chi connectivity index (χ2n) is 11.9. The van der Waals surface area contributed by atoms with Gasteiger partial charge in [-0.15, -0.1) is 0 Å². The molecular formula is C30H35Cl2F3N6O3. The van der Waals surface area contributed by atoms with Crippen LogP contribution in [-0.2, 0) is 14.3 Å². The summed E-state index contributed by atoms with van der Waals surface area (Å²) < 4.78 is 43.4. The molecule has 1 aromatic carbocycles. The fourth-order valence-electron chi connectivity index (χ4n) is 6.71. The Morgan fingerprint density at radius 2 is 1.91 bits per heavy atom. The van der Waals surface area contributed by atoms with Crippen LogP contribution in [0.15, 0.2) is 24.4 Å². The van der Waals surface area contributed by atoms with E-state index < -0.39 is 18.1 Å². The lowest BCUT2D eigenvalue weighted by atomic mass is 9.89. The number of carbonyl (C=O) groups excluding carboxylic acids is 2. The van der Waals surface area contributed by atoms with Gasteiger partial charge in [0, 0.05) is 35.2 Å². The number of alkyl halides is 3. The molecule has 9 nitrogen and oxygen atoms in total. The number of benzene rings is 1. The quantitative estimate of drug-likeness (QED) is 0.214. The van der Waals surface area contributed by atoms with Gasteiger partial charge in [0.15, 0.2) is 5.65 Å². The van der Waals surface area contributed by atoms with Crippen molar-refractivity contribution >= 4 is 52.1 Å². The van der Waals surface area contributed by atoms with Crippen LogP contribution in [-0.4, -0.2) is 74.5 Å². The van der Waals surface area contributed by atoms with E-state index in [-0.39, 0.29) is 36.4 Å². The summed E-state index contributed by atoms with van der Waals surface area (Å²) in [5.41, 5.74) is 3.02. The number of anilines is 1. The lowest BCUT2D eigenvalue weighted by molar-refractivity contribution is -0.202. The standard InChI is InChI=1S/C30H35Cl2F3N6O3/c1-16(12-26(42)44-29(43)30(33,34)35)23-6-5-10-40(23)24-9-11-39(15-17(24)2)25-14-36-27-18(3)38-41(28(27)37-25)19(4)21-8-7-20(31)13-22(21)32/h7-8,13-14,16-17,19,23-24H,5-6,9-12,15H2,1-4H3/t16?,17?,19-,23+,24?/m1/s1. The largest absolute Gasteiger partial charge is 0.491 e. The molecule has 4 heterocycles. The molecule has 14 heteroatoms. The molecule has 2 aliphatic heterocycles. The molecule has 3 aromatic rings. The first-order chi connectivity index (χ1) is 20.7. The SMILES string of the molecule is Cc1nn([C@H](C)c2ccc(Cl)cc2Cl)c2nc(N3CCC(N4CCC[C@H]4C(C)CC(=O)OC(=O)C(F)(F)F)C(C)C3)cnc12. The minimum Gasteiger partial charge on any atom is -0.386 e. The highest BCUT2D eigenvalue weighted by atomic mass is 35.5. The Bertz CT molecular complexity index is 1550. The number of rotatable bonds is 7. The summed E-state index contributed by atoms with van der Waals surface area (Å²) in [6, 6.07) is 5.43. The molecule has 2 aromatic heterocycles. The van der Waals surface area contributed by atoms with E-state index in [1.54, 1.807) is 18.3 Å². The van der Waals surface area contributed by atoms with Gasteiger partial charge in [0.25, 0.3) is 0 Å². The van der Waals surface area contributed by atoms with E-state index in [1.807, 2.05) is 31.5 Å². The van der Waals surface area contributed by atoms with Crippen LogP contribution in [0.1, 0.15) is 63.8 Å².